The number of halogens is 2. The normalized spacial score (nSPS) is 12.9. The van der Waals surface area contributed by atoms with Gasteiger partial charge in [0, 0.05) is 29.6 Å². The van der Waals surface area contributed by atoms with E-state index in [1.54, 1.807) is 18.2 Å². The van der Waals surface area contributed by atoms with Crippen molar-refractivity contribution in [2.75, 3.05) is 6.61 Å². The zero-order chi connectivity index (χ0) is 14.1. The molecule has 0 spiro atoms. The van der Waals surface area contributed by atoms with Crippen molar-refractivity contribution in [3.05, 3.63) is 57.3 Å². The van der Waals surface area contributed by atoms with Crippen LogP contribution in [0.25, 0.3) is 0 Å². The molecule has 102 valence electrons. The molecular formula is C15H11Cl2NO2. The molecule has 2 aromatic rings. The molecule has 0 atom stereocenters. The molecule has 3 nitrogen and oxygen atoms in total. The van der Waals surface area contributed by atoms with Crippen LogP contribution in [0, 0.1) is 0 Å². The van der Waals surface area contributed by atoms with Gasteiger partial charge < -0.3 is 4.74 Å². The van der Waals surface area contributed by atoms with Gasteiger partial charge in [-0.05, 0) is 29.8 Å². The van der Waals surface area contributed by atoms with Crippen molar-refractivity contribution in [2.45, 2.75) is 12.8 Å². The van der Waals surface area contributed by atoms with E-state index in [1.807, 2.05) is 6.07 Å². The molecule has 1 aliphatic heterocycles. The fourth-order valence-corrected chi connectivity index (χ4v) is 2.66. The second-order valence-corrected chi connectivity index (χ2v) is 5.49. The highest BCUT2D eigenvalue weighted by atomic mass is 35.5. The number of rotatable bonds is 3. The lowest BCUT2D eigenvalue weighted by Crippen LogP contribution is -2.06. The van der Waals surface area contributed by atoms with Crippen LogP contribution in [0.4, 0.5) is 0 Å². The maximum atomic E-state index is 12.2. The Morgan fingerprint density at radius 3 is 2.85 bits per heavy atom. The molecule has 0 N–H and O–H groups in total. The predicted molar refractivity (Wildman–Crippen MR) is 77.9 cm³/mol. The smallest absolute Gasteiger partial charge is 0.185 e. The largest absolute Gasteiger partial charge is 0.493 e. The highest BCUT2D eigenvalue weighted by Crippen LogP contribution is 2.33. The van der Waals surface area contributed by atoms with Crippen LogP contribution < -0.4 is 4.74 Å². The van der Waals surface area contributed by atoms with Crippen LogP contribution in [0.3, 0.4) is 0 Å². The second kappa shape index (κ2) is 5.43. The van der Waals surface area contributed by atoms with Crippen molar-refractivity contribution in [1.29, 1.82) is 0 Å². The summed E-state index contributed by atoms with van der Waals surface area (Å²) in [7, 11) is 0. The van der Waals surface area contributed by atoms with E-state index in [1.165, 1.54) is 6.20 Å². The molecular weight excluding hydrogens is 297 g/mol. The summed E-state index contributed by atoms with van der Waals surface area (Å²) < 4.78 is 5.59. The first-order chi connectivity index (χ1) is 9.63. The number of ether oxygens (including phenoxy) is 1. The topological polar surface area (TPSA) is 39.2 Å². The third-order valence-electron chi connectivity index (χ3n) is 3.19. The van der Waals surface area contributed by atoms with E-state index < -0.39 is 0 Å². The molecule has 0 bridgehead atoms. The molecule has 2 heterocycles. The third kappa shape index (κ3) is 2.65. The minimum atomic E-state index is -0.0818. The highest BCUT2D eigenvalue weighted by Gasteiger charge is 2.20. The Morgan fingerprint density at radius 2 is 2.10 bits per heavy atom. The standard InChI is InChI=1S/C15H11Cl2NO2/c16-11-1-2-13(18-8-11)14(19)7-10-6-12(17)5-9-3-4-20-15(9)10/h1-2,5-6,8H,3-4,7H2. The zero-order valence-corrected chi connectivity index (χ0v) is 12.0. The van der Waals surface area contributed by atoms with Crippen molar-refractivity contribution in [3.8, 4) is 5.75 Å². The molecule has 0 fully saturated rings. The van der Waals surface area contributed by atoms with Crippen molar-refractivity contribution >= 4 is 29.0 Å². The molecule has 0 radical (unpaired) electrons. The van der Waals surface area contributed by atoms with E-state index in [0.29, 0.717) is 22.3 Å². The summed E-state index contributed by atoms with van der Waals surface area (Å²) in [5.74, 6) is 0.707. The van der Waals surface area contributed by atoms with Crippen molar-refractivity contribution in [1.82, 2.24) is 4.98 Å². The SMILES string of the molecule is O=C(Cc1cc(Cl)cc2c1OCC2)c1ccc(Cl)cn1. The number of carbonyl (C=O) groups excluding carboxylic acids is 1. The van der Waals surface area contributed by atoms with E-state index in [0.717, 1.165) is 23.3 Å². The summed E-state index contributed by atoms with van der Waals surface area (Å²) in [6.07, 6.45) is 2.52. The Labute approximate surface area is 126 Å². The fraction of sp³-hybridized carbons (Fsp3) is 0.200. The number of carbonyl (C=O) groups is 1. The van der Waals surface area contributed by atoms with Gasteiger partial charge >= 0.3 is 0 Å². The van der Waals surface area contributed by atoms with Gasteiger partial charge in [0.05, 0.1) is 11.6 Å². The van der Waals surface area contributed by atoms with Gasteiger partial charge in [-0.15, -0.1) is 0 Å². The van der Waals surface area contributed by atoms with E-state index in [9.17, 15) is 4.79 Å². The highest BCUT2D eigenvalue weighted by molar-refractivity contribution is 6.31. The third-order valence-corrected chi connectivity index (χ3v) is 3.63. The first-order valence-electron chi connectivity index (χ1n) is 6.22. The summed E-state index contributed by atoms with van der Waals surface area (Å²) in [6, 6.07) is 6.94. The Bertz CT molecular complexity index is 668. The van der Waals surface area contributed by atoms with Crippen LogP contribution in [-0.4, -0.2) is 17.4 Å². The van der Waals surface area contributed by atoms with Crippen molar-refractivity contribution in [2.24, 2.45) is 0 Å². The van der Waals surface area contributed by atoms with Gasteiger partial charge in [0.2, 0.25) is 0 Å². The van der Waals surface area contributed by atoms with E-state index in [4.69, 9.17) is 27.9 Å². The molecule has 1 aliphatic rings. The maximum absolute atomic E-state index is 12.2. The first kappa shape index (κ1) is 13.4. The predicted octanol–water partition coefficient (Wildman–Crippen LogP) is 3.75. The second-order valence-electron chi connectivity index (χ2n) is 4.61. The number of hydrogen-bond donors (Lipinski definition) is 0. The molecule has 0 unspecified atom stereocenters. The van der Waals surface area contributed by atoms with Crippen molar-refractivity contribution < 1.29 is 9.53 Å². The van der Waals surface area contributed by atoms with Crippen LogP contribution in [0.2, 0.25) is 10.0 Å². The average molecular weight is 308 g/mol. The number of aromatic nitrogens is 1. The van der Waals surface area contributed by atoms with E-state index in [2.05, 4.69) is 4.98 Å². The van der Waals surface area contributed by atoms with Gasteiger partial charge in [0.1, 0.15) is 11.4 Å². The summed E-state index contributed by atoms with van der Waals surface area (Å²) >= 11 is 11.8. The molecule has 5 heteroatoms. The number of Topliss-reactive ketones (excluding diaryl/α,β-unsaturated/α-hetero) is 1. The molecule has 0 saturated heterocycles. The number of pyridine rings is 1. The van der Waals surface area contributed by atoms with Gasteiger partial charge in [-0.1, -0.05) is 23.2 Å². The number of nitrogens with zero attached hydrogens (tertiary/aromatic N) is 1. The Morgan fingerprint density at radius 1 is 1.25 bits per heavy atom. The molecule has 0 saturated carbocycles. The number of fused-ring (bicyclic) bond motifs is 1. The summed E-state index contributed by atoms with van der Waals surface area (Å²) in [5, 5.41) is 1.13. The number of benzene rings is 1. The van der Waals surface area contributed by atoms with Crippen LogP contribution in [0.1, 0.15) is 21.6 Å². The molecule has 3 rings (SSSR count). The van der Waals surface area contributed by atoms with Gasteiger partial charge in [-0.2, -0.15) is 0 Å². The lowest BCUT2D eigenvalue weighted by molar-refractivity contribution is 0.0987. The zero-order valence-electron chi connectivity index (χ0n) is 10.5. The summed E-state index contributed by atoms with van der Waals surface area (Å²) in [6.45, 7) is 0.635. The van der Waals surface area contributed by atoms with Gasteiger partial charge in [0.25, 0.3) is 0 Å². The van der Waals surface area contributed by atoms with Gasteiger partial charge in [-0.3, -0.25) is 9.78 Å². The van der Waals surface area contributed by atoms with Crippen molar-refractivity contribution in [3.63, 3.8) is 0 Å². The van der Waals surface area contributed by atoms with Crippen LogP contribution in [-0.2, 0) is 12.8 Å². The lowest BCUT2D eigenvalue weighted by atomic mass is 10.0. The molecule has 0 amide bonds. The fourth-order valence-electron chi connectivity index (χ4n) is 2.28. The molecule has 0 aliphatic carbocycles. The van der Waals surface area contributed by atoms with Crippen LogP contribution >= 0.6 is 23.2 Å². The Hall–Kier alpha value is -1.58. The Kier molecular flexibility index (Phi) is 3.64. The minimum absolute atomic E-state index is 0.0818. The molecule has 1 aromatic carbocycles. The molecule has 1 aromatic heterocycles. The lowest BCUT2D eigenvalue weighted by Gasteiger charge is -2.08. The maximum Gasteiger partial charge on any atom is 0.185 e. The minimum Gasteiger partial charge on any atom is -0.493 e. The first-order valence-corrected chi connectivity index (χ1v) is 6.98. The summed E-state index contributed by atoms with van der Waals surface area (Å²) in [5.41, 5.74) is 2.26. The van der Waals surface area contributed by atoms with E-state index in [-0.39, 0.29) is 12.2 Å². The monoisotopic (exact) mass is 307 g/mol. The quantitative estimate of drug-likeness (QED) is 0.811. The average Bonchev–Trinajstić information content (AvgIpc) is 2.87. The number of ketones is 1. The number of hydrogen-bond acceptors (Lipinski definition) is 3. The molecule has 20 heavy (non-hydrogen) atoms. The van der Waals surface area contributed by atoms with Gasteiger partial charge in [0.15, 0.2) is 5.78 Å². The van der Waals surface area contributed by atoms with Crippen LogP contribution in [0.15, 0.2) is 30.5 Å². The van der Waals surface area contributed by atoms with Crippen LogP contribution in [0.5, 0.6) is 5.75 Å². The van der Waals surface area contributed by atoms with E-state index >= 15 is 0 Å². The Balaban J connectivity index is 1.88. The van der Waals surface area contributed by atoms with Gasteiger partial charge in [-0.25, -0.2) is 0 Å². The summed E-state index contributed by atoms with van der Waals surface area (Å²) in [4.78, 5) is 16.3.